The molecule has 7 nitrogen and oxygen atoms in total. The molecule has 4 rings (SSSR count). The van der Waals surface area contributed by atoms with Crippen LogP contribution in [0.15, 0.2) is 39.8 Å². The first-order valence-electron chi connectivity index (χ1n) is 8.53. The third-order valence-electron chi connectivity index (χ3n) is 4.80. The number of hydrogen-bond donors (Lipinski definition) is 2. The Morgan fingerprint density at radius 3 is 2.84 bits per heavy atom. The predicted molar refractivity (Wildman–Crippen MR) is 94.1 cm³/mol. The van der Waals surface area contributed by atoms with Gasteiger partial charge in [0.15, 0.2) is 0 Å². The molecule has 130 valence electrons. The zero-order valence-electron chi connectivity index (χ0n) is 13.8. The van der Waals surface area contributed by atoms with E-state index in [-0.39, 0.29) is 35.7 Å². The average molecular weight is 340 g/mol. The Hall–Kier alpha value is -2.67. The molecule has 2 heterocycles. The van der Waals surface area contributed by atoms with Crippen LogP contribution in [0.1, 0.15) is 25.7 Å². The normalized spacial score (nSPS) is 20.8. The molecule has 1 fully saturated rings. The van der Waals surface area contributed by atoms with Gasteiger partial charge in [0.2, 0.25) is 11.5 Å². The van der Waals surface area contributed by atoms with E-state index in [1.165, 1.54) is 10.9 Å². The zero-order chi connectivity index (χ0) is 17.4. The fourth-order valence-corrected chi connectivity index (χ4v) is 3.42. The lowest BCUT2D eigenvalue weighted by atomic mass is 9.92. The van der Waals surface area contributed by atoms with Gasteiger partial charge in [0, 0.05) is 17.5 Å². The van der Waals surface area contributed by atoms with Crippen molar-refractivity contribution in [1.29, 1.82) is 0 Å². The van der Waals surface area contributed by atoms with Crippen LogP contribution in [0.25, 0.3) is 22.1 Å². The number of hydrogen-bond acceptors (Lipinski definition) is 5. The van der Waals surface area contributed by atoms with Crippen molar-refractivity contribution < 1.29 is 9.21 Å². The fraction of sp³-hybridized carbons (Fsp3) is 0.389. The minimum atomic E-state index is -0.345. The van der Waals surface area contributed by atoms with E-state index in [0.717, 1.165) is 31.1 Å². The summed E-state index contributed by atoms with van der Waals surface area (Å²) in [6.07, 6.45) is 4.99. The molecule has 3 aromatic rings. The molecule has 7 heteroatoms. The molecule has 1 aliphatic carbocycles. The van der Waals surface area contributed by atoms with E-state index in [2.05, 4.69) is 10.3 Å². The number of para-hydroxylation sites is 1. The van der Waals surface area contributed by atoms with Crippen LogP contribution in [0.5, 0.6) is 0 Å². The molecule has 1 saturated carbocycles. The molecule has 0 saturated heterocycles. The van der Waals surface area contributed by atoms with Gasteiger partial charge in [-0.1, -0.05) is 12.1 Å². The molecule has 0 bridgehead atoms. The second kappa shape index (κ2) is 6.33. The Bertz CT molecular complexity index is 983. The van der Waals surface area contributed by atoms with Gasteiger partial charge < -0.3 is 15.5 Å². The van der Waals surface area contributed by atoms with Crippen molar-refractivity contribution >= 4 is 28.0 Å². The van der Waals surface area contributed by atoms with Crippen LogP contribution in [-0.2, 0) is 11.3 Å². The lowest BCUT2D eigenvalue weighted by molar-refractivity contribution is -0.122. The van der Waals surface area contributed by atoms with Crippen molar-refractivity contribution in [3.8, 4) is 0 Å². The number of furan rings is 1. The van der Waals surface area contributed by atoms with Crippen LogP contribution in [0.2, 0.25) is 0 Å². The summed E-state index contributed by atoms with van der Waals surface area (Å²) in [6, 6.07) is 7.72. The number of nitrogens with two attached hydrogens (primary N) is 1. The molecule has 1 amide bonds. The number of nitrogens with zero attached hydrogens (tertiary/aromatic N) is 2. The summed E-state index contributed by atoms with van der Waals surface area (Å²) in [6.45, 7) is -0.0681. The highest BCUT2D eigenvalue weighted by Crippen LogP contribution is 2.24. The average Bonchev–Trinajstić information content (AvgIpc) is 2.99. The van der Waals surface area contributed by atoms with Gasteiger partial charge in [-0.05, 0) is 37.8 Å². The van der Waals surface area contributed by atoms with Crippen molar-refractivity contribution in [2.24, 2.45) is 5.73 Å². The van der Waals surface area contributed by atoms with Gasteiger partial charge in [0.1, 0.15) is 17.6 Å². The molecule has 1 aliphatic rings. The second-order valence-electron chi connectivity index (χ2n) is 6.63. The van der Waals surface area contributed by atoms with E-state index in [0.29, 0.717) is 11.1 Å². The van der Waals surface area contributed by atoms with Crippen molar-refractivity contribution in [2.45, 2.75) is 44.3 Å². The zero-order valence-corrected chi connectivity index (χ0v) is 13.8. The first-order chi connectivity index (χ1) is 12.1. The SMILES string of the molecule is NC1CCC(NC(=O)Cn2cnc3c(oc4ccccc43)c2=O)CC1. The van der Waals surface area contributed by atoms with Crippen LogP contribution in [0, 0.1) is 0 Å². The van der Waals surface area contributed by atoms with E-state index in [1.54, 1.807) is 6.07 Å². The van der Waals surface area contributed by atoms with E-state index < -0.39 is 0 Å². The van der Waals surface area contributed by atoms with Crippen molar-refractivity contribution in [2.75, 3.05) is 0 Å². The number of fused-ring (bicyclic) bond motifs is 3. The Kier molecular flexibility index (Phi) is 4.01. The van der Waals surface area contributed by atoms with Gasteiger partial charge in [0.05, 0.1) is 6.33 Å². The first-order valence-corrected chi connectivity index (χ1v) is 8.53. The Labute approximate surface area is 143 Å². The molecule has 25 heavy (non-hydrogen) atoms. The second-order valence-corrected chi connectivity index (χ2v) is 6.63. The van der Waals surface area contributed by atoms with E-state index in [9.17, 15) is 9.59 Å². The third kappa shape index (κ3) is 3.02. The molecule has 1 aromatic carbocycles. The van der Waals surface area contributed by atoms with Crippen molar-refractivity contribution in [3.63, 3.8) is 0 Å². The van der Waals surface area contributed by atoms with Crippen LogP contribution in [0.3, 0.4) is 0 Å². The number of carbonyl (C=O) groups excluding carboxylic acids is 1. The summed E-state index contributed by atoms with van der Waals surface area (Å²) in [5.41, 5.74) is 6.85. The highest BCUT2D eigenvalue weighted by Gasteiger charge is 2.21. The molecule has 2 aromatic heterocycles. The Morgan fingerprint density at radius 1 is 1.28 bits per heavy atom. The van der Waals surface area contributed by atoms with Crippen molar-refractivity contribution in [1.82, 2.24) is 14.9 Å². The number of carbonyl (C=O) groups is 1. The molecular weight excluding hydrogens is 320 g/mol. The first kappa shape index (κ1) is 15.8. The topological polar surface area (TPSA) is 103 Å². The number of benzene rings is 1. The summed E-state index contributed by atoms with van der Waals surface area (Å²) in [4.78, 5) is 29.2. The van der Waals surface area contributed by atoms with Crippen LogP contribution < -0.4 is 16.6 Å². The Balaban J connectivity index is 1.55. The maximum Gasteiger partial charge on any atom is 0.297 e. The predicted octanol–water partition coefficient (Wildman–Crippen LogP) is 1.53. The summed E-state index contributed by atoms with van der Waals surface area (Å²) in [5.74, 6) is -0.195. The fourth-order valence-electron chi connectivity index (χ4n) is 3.42. The van der Waals surface area contributed by atoms with Gasteiger partial charge in [-0.25, -0.2) is 4.98 Å². The maximum absolute atomic E-state index is 12.6. The van der Waals surface area contributed by atoms with Crippen LogP contribution in [-0.4, -0.2) is 27.5 Å². The van der Waals surface area contributed by atoms with E-state index in [1.807, 2.05) is 18.2 Å². The maximum atomic E-state index is 12.6. The van der Waals surface area contributed by atoms with Gasteiger partial charge in [0.25, 0.3) is 5.56 Å². The molecule has 0 unspecified atom stereocenters. The molecule has 0 spiro atoms. The van der Waals surface area contributed by atoms with Crippen LogP contribution >= 0.6 is 0 Å². The number of rotatable bonds is 3. The Morgan fingerprint density at radius 2 is 2.04 bits per heavy atom. The van der Waals surface area contributed by atoms with Crippen molar-refractivity contribution in [3.05, 3.63) is 40.9 Å². The molecular formula is C18H20N4O3. The van der Waals surface area contributed by atoms with Crippen LogP contribution in [0.4, 0.5) is 0 Å². The standard InChI is InChI=1S/C18H20N4O3/c19-11-5-7-12(8-6-11)21-15(23)9-22-10-20-16-13-3-1-2-4-14(13)25-17(16)18(22)24/h1-4,10-12H,5-9,19H2,(H,21,23). The molecule has 0 radical (unpaired) electrons. The molecule has 0 atom stereocenters. The van der Waals surface area contributed by atoms with E-state index >= 15 is 0 Å². The lowest BCUT2D eigenvalue weighted by Gasteiger charge is -2.26. The highest BCUT2D eigenvalue weighted by molar-refractivity contribution is 6.01. The number of aromatic nitrogens is 2. The largest absolute Gasteiger partial charge is 0.448 e. The number of amides is 1. The summed E-state index contributed by atoms with van der Waals surface area (Å²) >= 11 is 0. The van der Waals surface area contributed by atoms with Gasteiger partial charge in [-0.3, -0.25) is 14.2 Å². The highest BCUT2D eigenvalue weighted by atomic mass is 16.3. The quantitative estimate of drug-likeness (QED) is 0.752. The van der Waals surface area contributed by atoms with Gasteiger partial charge in [-0.2, -0.15) is 0 Å². The smallest absolute Gasteiger partial charge is 0.297 e. The van der Waals surface area contributed by atoms with Gasteiger partial charge >= 0.3 is 0 Å². The summed E-state index contributed by atoms with van der Waals surface area (Å²) in [7, 11) is 0. The third-order valence-corrected chi connectivity index (χ3v) is 4.80. The summed E-state index contributed by atoms with van der Waals surface area (Å²) in [5, 5.41) is 3.77. The molecule has 3 N–H and O–H groups in total. The lowest BCUT2D eigenvalue weighted by Crippen LogP contribution is -2.42. The minimum absolute atomic E-state index is 0.0681. The van der Waals surface area contributed by atoms with E-state index in [4.69, 9.17) is 10.2 Å². The number of nitrogens with one attached hydrogen (secondary N) is 1. The summed E-state index contributed by atoms with van der Waals surface area (Å²) < 4.78 is 6.91. The molecule has 0 aliphatic heterocycles. The monoisotopic (exact) mass is 340 g/mol. The minimum Gasteiger partial charge on any atom is -0.448 e. The van der Waals surface area contributed by atoms with Gasteiger partial charge in [-0.15, -0.1) is 0 Å².